The fourth-order valence-electron chi connectivity index (χ4n) is 1.74. The highest BCUT2D eigenvalue weighted by Gasteiger charge is 2.12. The summed E-state index contributed by atoms with van der Waals surface area (Å²) in [7, 11) is 2.15. The lowest BCUT2D eigenvalue weighted by Crippen LogP contribution is -2.29. The molecule has 1 unspecified atom stereocenters. The van der Waals surface area contributed by atoms with Gasteiger partial charge in [-0.05, 0) is 44.0 Å². The van der Waals surface area contributed by atoms with Crippen LogP contribution in [0.1, 0.15) is 25.8 Å². The fraction of sp³-hybridized carbons (Fsp3) is 0.538. The highest BCUT2D eigenvalue weighted by atomic mass is 79.9. The monoisotopic (exact) mass is 284 g/mol. The van der Waals surface area contributed by atoms with E-state index in [1.54, 1.807) is 0 Å². The quantitative estimate of drug-likeness (QED) is 0.900. The largest absolute Gasteiger partial charge is 0.372 e. The molecule has 0 radical (unpaired) electrons. The van der Waals surface area contributed by atoms with Crippen molar-refractivity contribution in [1.82, 2.24) is 0 Å². The summed E-state index contributed by atoms with van der Waals surface area (Å²) in [5, 5.41) is 0. The van der Waals surface area contributed by atoms with Crippen molar-refractivity contribution >= 4 is 21.6 Å². The molecule has 0 heterocycles. The molecule has 0 saturated heterocycles. The average Bonchev–Trinajstić information content (AvgIpc) is 2.29. The van der Waals surface area contributed by atoms with Gasteiger partial charge in [0.05, 0.1) is 0 Å². The van der Waals surface area contributed by atoms with Gasteiger partial charge in [-0.3, -0.25) is 0 Å². The van der Waals surface area contributed by atoms with E-state index in [1.165, 1.54) is 11.3 Å². The van der Waals surface area contributed by atoms with E-state index >= 15 is 0 Å². The second kappa shape index (κ2) is 6.26. The molecule has 90 valence electrons. The Kier molecular flexibility index (Phi) is 5.29. The van der Waals surface area contributed by atoms with Gasteiger partial charge in [-0.15, -0.1) is 0 Å². The Morgan fingerprint density at radius 2 is 2.12 bits per heavy atom. The summed E-state index contributed by atoms with van der Waals surface area (Å²) in [6.07, 6.45) is 2.08. The summed E-state index contributed by atoms with van der Waals surface area (Å²) in [6, 6.07) is 6.96. The number of anilines is 1. The molecule has 0 fully saturated rings. The highest BCUT2D eigenvalue weighted by Crippen LogP contribution is 2.26. The van der Waals surface area contributed by atoms with Crippen LogP contribution in [-0.2, 0) is 6.42 Å². The molecular weight excluding hydrogens is 264 g/mol. The summed E-state index contributed by atoms with van der Waals surface area (Å²) in [4.78, 5) is 2.33. The fourth-order valence-corrected chi connectivity index (χ4v) is 2.09. The molecule has 0 aliphatic rings. The molecule has 1 atom stereocenters. The van der Waals surface area contributed by atoms with Crippen molar-refractivity contribution in [2.75, 3.05) is 18.5 Å². The van der Waals surface area contributed by atoms with Crippen LogP contribution in [0, 0.1) is 0 Å². The van der Waals surface area contributed by atoms with Crippen molar-refractivity contribution in [3.05, 3.63) is 28.2 Å². The predicted octanol–water partition coefficient (Wildman–Crippen LogP) is 3.19. The molecule has 16 heavy (non-hydrogen) atoms. The third-order valence-corrected chi connectivity index (χ3v) is 3.59. The van der Waals surface area contributed by atoms with Crippen molar-refractivity contribution in [3.8, 4) is 0 Å². The van der Waals surface area contributed by atoms with Gasteiger partial charge in [-0.25, -0.2) is 0 Å². The van der Waals surface area contributed by atoms with Gasteiger partial charge in [0.25, 0.3) is 0 Å². The Hall–Kier alpha value is -0.540. The zero-order valence-electron chi connectivity index (χ0n) is 10.3. The molecule has 0 aliphatic carbocycles. The van der Waals surface area contributed by atoms with Gasteiger partial charge in [-0.2, -0.15) is 0 Å². The van der Waals surface area contributed by atoms with E-state index in [-0.39, 0.29) is 0 Å². The number of rotatable bonds is 5. The van der Waals surface area contributed by atoms with Crippen LogP contribution < -0.4 is 10.6 Å². The summed E-state index contributed by atoms with van der Waals surface area (Å²) < 4.78 is 1.12. The van der Waals surface area contributed by atoms with Crippen LogP contribution in [0.4, 0.5) is 5.69 Å². The van der Waals surface area contributed by atoms with E-state index in [4.69, 9.17) is 5.73 Å². The first-order valence-corrected chi connectivity index (χ1v) is 6.60. The molecule has 2 nitrogen and oxygen atoms in total. The van der Waals surface area contributed by atoms with Crippen molar-refractivity contribution in [1.29, 1.82) is 0 Å². The van der Waals surface area contributed by atoms with Crippen LogP contribution in [-0.4, -0.2) is 19.6 Å². The van der Waals surface area contributed by atoms with Crippen molar-refractivity contribution in [3.63, 3.8) is 0 Å². The topological polar surface area (TPSA) is 29.3 Å². The predicted molar refractivity (Wildman–Crippen MR) is 75.1 cm³/mol. The van der Waals surface area contributed by atoms with E-state index in [1.807, 2.05) is 0 Å². The van der Waals surface area contributed by atoms with Crippen molar-refractivity contribution in [2.45, 2.75) is 32.7 Å². The van der Waals surface area contributed by atoms with E-state index < -0.39 is 0 Å². The van der Waals surface area contributed by atoms with Crippen LogP contribution in [0.15, 0.2) is 22.7 Å². The Labute approximate surface area is 107 Å². The third kappa shape index (κ3) is 3.22. The summed E-state index contributed by atoms with van der Waals surface area (Å²) >= 11 is 3.53. The molecule has 1 rings (SSSR count). The standard InChI is InChI=1S/C13H21BrN2/c1-4-10(2)16(3)13-9-12(14)6-5-11(13)7-8-15/h5-6,9-10H,4,7-8,15H2,1-3H3. The van der Waals surface area contributed by atoms with E-state index in [2.05, 4.69) is 59.9 Å². The number of hydrogen-bond donors (Lipinski definition) is 1. The maximum Gasteiger partial charge on any atom is 0.0410 e. The van der Waals surface area contributed by atoms with Gasteiger partial charge in [0.2, 0.25) is 0 Å². The normalized spacial score (nSPS) is 12.6. The Balaban J connectivity index is 3.03. The van der Waals surface area contributed by atoms with Gasteiger partial charge >= 0.3 is 0 Å². The summed E-state index contributed by atoms with van der Waals surface area (Å²) in [5.74, 6) is 0. The molecule has 3 heteroatoms. The molecule has 0 amide bonds. The SMILES string of the molecule is CCC(C)N(C)c1cc(Br)ccc1CCN. The van der Waals surface area contributed by atoms with Crippen LogP contribution in [0.3, 0.4) is 0 Å². The maximum absolute atomic E-state index is 5.65. The van der Waals surface area contributed by atoms with Crippen LogP contribution in [0.2, 0.25) is 0 Å². The molecule has 1 aromatic carbocycles. The molecule has 0 saturated carbocycles. The first-order chi connectivity index (χ1) is 7.60. The first kappa shape index (κ1) is 13.5. The van der Waals surface area contributed by atoms with Gasteiger partial charge in [0.1, 0.15) is 0 Å². The van der Waals surface area contributed by atoms with Crippen LogP contribution in [0.25, 0.3) is 0 Å². The lowest BCUT2D eigenvalue weighted by molar-refractivity contribution is 0.661. The number of nitrogens with two attached hydrogens (primary N) is 1. The second-order valence-electron chi connectivity index (χ2n) is 4.18. The first-order valence-electron chi connectivity index (χ1n) is 5.81. The van der Waals surface area contributed by atoms with Crippen molar-refractivity contribution < 1.29 is 0 Å². The minimum absolute atomic E-state index is 0.547. The van der Waals surface area contributed by atoms with Gasteiger partial charge in [-0.1, -0.05) is 28.9 Å². The maximum atomic E-state index is 5.65. The molecular formula is C13H21BrN2. The Morgan fingerprint density at radius 3 is 2.69 bits per heavy atom. The van der Waals surface area contributed by atoms with Crippen LogP contribution in [0.5, 0.6) is 0 Å². The minimum atomic E-state index is 0.547. The smallest absolute Gasteiger partial charge is 0.0410 e. The second-order valence-corrected chi connectivity index (χ2v) is 5.10. The molecule has 0 spiro atoms. The van der Waals surface area contributed by atoms with Crippen molar-refractivity contribution in [2.24, 2.45) is 5.73 Å². The van der Waals surface area contributed by atoms with Crippen LogP contribution >= 0.6 is 15.9 Å². The molecule has 0 bridgehead atoms. The zero-order chi connectivity index (χ0) is 12.1. The van der Waals surface area contributed by atoms with E-state index in [9.17, 15) is 0 Å². The number of benzene rings is 1. The summed E-state index contributed by atoms with van der Waals surface area (Å²) in [5.41, 5.74) is 8.26. The zero-order valence-corrected chi connectivity index (χ0v) is 11.9. The molecule has 0 aromatic heterocycles. The van der Waals surface area contributed by atoms with Gasteiger partial charge in [0.15, 0.2) is 0 Å². The number of nitrogens with zero attached hydrogens (tertiary/aromatic N) is 1. The Bertz CT molecular complexity index is 339. The molecule has 1 aromatic rings. The number of hydrogen-bond acceptors (Lipinski definition) is 2. The number of halogens is 1. The summed E-state index contributed by atoms with van der Waals surface area (Å²) in [6.45, 7) is 5.15. The lowest BCUT2D eigenvalue weighted by Gasteiger charge is -2.28. The Morgan fingerprint density at radius 1 is 1.44 bits per heavy atom. The molecule has 2 N–H and O–H groups in total. The molecule has 0 aliphatic heterocycles. The van der Waals surface area contributed by atoms with Gasteiger partial charge in [0, 0.05) is 23.2 Å². The highest BCUT2D eigenvalue weighted by molar-refractivity contribution is 9.10. The third-order valence-electron chi connectivity index (χ3n) is 3.09. The van der Waals surface area contributed by atoms with Gasteiger partial charge < -0.3 is 10.6 Å². The van der Waals surface area contributed by atoms with E-state index in [0.717, 1.165) is 17.3 Å². The van der Waals surface area contributed by atoms with E-state index in [0.29, 0.717) is 12.6 Å². The lowest BCUT2D eigenvalue weighted by atomic mass is 10.1. The minimum Gasteiger partial charge on any atom is -0.372 e. The average molecular weight is 285 g/mol.